The number of para-hydroxylation sites is 1. The highest BCUT2D eigenvalue weighted by atomic mass is 16.2. The zero-order valence-electron chi connectivity index (χ0n) is 20.2. The van der Waals surface area contributed by atoms with Gasteiger partial charge >= 0.3 is 11.8 Å². The van der Waals surface area contributed by atoms with E-state index < -0.39 is 11.8 Å². The summed E-state index contributed by atoms with van der Waals surface area (Å²) < 4.78 is 0. The lowest BCUT2D eigenvalue weighted by atomic mass is 10.1. The zero-order valence-corrected chi connectivity index (χ0v) is 20.2. The van der Waals surface area contributed by atoms with Crippen molar-refractivity contribution in [1.29, 1.82) is 0 Å². The Morgan fingerprint density at radius 1 is 0.833 bits per heavy atom. The van der Waals surface area contributed by atoms with E-state index >= 15 is 0 Å². The molecule has 9 heteroatoms. The van der Waals surface area contributed by atoms with Crippen molar-refractivity contribution in [3.8, 4) is 0 Å². The fourth-order valence-corrected chi connectivity index (χ4v) is 4.26. The second kappa shape index (κ2) is 11.9. The number of nitrogens with zero attached hydrogens (tertiary/aromatic N) is 3. The Kier molecular flexibility index (Phi) is 8.25. The lowest BCUT2D eigenvalue weighted by Crippen LogP contribution is -2.50. The standard InChI is InChI=1S/C27H30N6O3/c1-20(34)30-22-9-11-23(12-10-22)31-27(36)26(35)29-19-25(21-6-5-13-28-18-21)33-16-14-32(15-17-33)24-7-3-2-4-8-24/h2-13,18,25H,14-17,19H2,1H3,(H,29,35)(H,30,34)(H,31,36)/t25-/m0/s1. The van der Waals surface area contributed by atoms with Crippen LogP contribution < -0.4 is 20.9 Å². The Balaban J connectivity index is 1.35. The van der Waals surface area contributed by atoms with Gasteiger partial charge in [0.15, 0.2) is 0 Å². The number of aromatic nitrogens is 1. The number of amides is 3. The molecule has 1 saturated heterocycles. The molecule has 1 fully saturated rings. The van der Waals surface area contributed by atoms with E-state index in [2.05, 4.69) is 42.9 Å². The van der Waals surface area contributed by atoms with E-state index in [9.17, 15) is 14.4 Å². The number of pyridine rings is 1. The first-order chi connectivity index (χ1) is 17.5. The third-order valence-corrected chi connectivity index (χ3v) is 6.07. The van der Waals surface area contributed by atoms with Gasteiger partial charge in [-0.3, -0.25) is 24.3 Å². The summed E-state index contributed by atoms with van der Waals surface area (Å²) >= 11 is 0. The third-order valence-electron chi connectivity index (χ3n) is 6.07. The Labute approximate surface area is 210 Å². The molecule has 2 heterocycles. The molecular formula is C27H30N6O3. The normalized spacial score (nSPS) is 14.5. The van der Waals surface area contributed by atoms with Crippen molar-refractivity contribution in [3.63, 3.8) is 0 Å². The molecule has 0 bridgehead atoms. The van der Waals surface area contributed by atoms with Gasteiger partial charge in [-0.2, -0.15) is 0 Å². The smallest absolute Gasteiger partial charge is 0.313 e. The Bertz CT molecular complexity index is 1160. The number of piperazine rings is 1. The van der Waals surface area contributed by atoms with Crippen molar-refractivity contribution in [2.45, 2.75) is 13.0 Å². The molecule has 0 radical (unpaired) electrons. The van der Waals surface area contributed by atoms with Crippen molar-refractivity contribution < 1.29 is 14.4 Å². The molecule has 2 aromatic carbocycles. The number of hydrogen-bond donors (Lipinski definition) is 3. The van der Waals surface area contributed by atoms with Gasteiger partial charge in [-0.1, -0.05) is 24.3 Å². The average Bonchev–Trinajstić information content (AvgIpc) is 2.91. The van der Waals surface area contributed by atoms with Gasteiger partial charge in [0.25, 0.3) is 0 Å². The summed E-state index contributed by atoms with van der Waals surface area (Å²) in [6, 6.07) is 20.6. The van der Waals surface area contributed by atoms with Crippen molar-refractivity contribution in [3.05, 3.63) is 84.7 Å². The largest absolute Gasteiger partial charge is 0.369 e. The number of nitrogens with one attached hydrogen (secondary N) is 3. The van der Waals surface area contributed by atoms with Gasteiger partial charge in [0.1, 0.15) is 0 Å². The quantitative estimate of drug-likeness (QED) is 0.444. The minimum absolute atomic E-state index is 0.106. The monoisotopic (exact) mass is 486 g/mol. The summed E-state index contributed by atoms with van der Waals surface area (Å²) in [7, 11) is 0. The van der Waals surface area contributed by atoms with Gasteiger partial charge in [-0.05, 0) is 48.0 Å². The molecule has 0 spiro atoms. The van der Waals surface area contributed by atoms with Crippen molar-refractivity contribution >= 4 is 34.8 Å². The van der Waals surface area contributed by atoms with Crippen LogP contribution in [0.15, 0.2) is 79.1 Å². The average molecular weight is 487 g/mol. The van der Waals surface area contributed by atoms with Gasteiger partial charge in [0, 0.05) is 69.1 Å². The fraction of sp³-hybridized carbons (Fsp3) is 0.259. The van der Waals surface area contributed by atoms with E-state index in [0.717, 1.165) is 31.7 Å². The van der Waals surface area contributed by atoms with E-state index in [1.807, 2.05) is 30.3 Å². The molecule has 1 aromatic heterocycles. The van der Waals surface area contributed by atoms with Gasteiger partial charge in [-0.25, -0.2) is 0 Å². The topological polar surface area (TPSA) is 107 Å². The van der Waals surface area contributed by atoms with Gasteiger partial charge in [0.05, 0.1) is 6.04 Å². The van der Waals surface area contributed by atoms with E-state index in [4.69, 9.17) is 0 Å². The second-order valence-corrected chi connectivity index (χ2v) is 8.58. The highest BCUT2D eigenvalue weighted by Crippen LogP contribution is 2.23. The summed E-state index contributed by atoms with van der Waals surface area (Å²) in [6.45, 7) is 5.06. The van der Waals surface area contributed by atoms with E-state index in [-0.39, 0.29) is 18.5 Å². The highest BCUT2D eigenvalue weighted by molar-refractivity contribution is 6.39. The number of rotatable bonds is 7. The van der Waals surface area contributed by atoms with Crippen LogP contribution in [0.3, 0.4) is 0 Å². The maximum absolute atomic E-state index is 12.6. The first kappa shape index (κ1) is 24.9. The highest BCUT2D eigenvalue weighted by Gasteiger charge is 2.26. The first-order valence-electron chi connectivity index (χ1n) is 11.9. The van der Waals surface area contributed by atoms with Gasteiger partial charge in [0.2, 0.25) is 5.91 Å². The number of hydrogen-bond acceptors (Lipinski definition) is 6. The molecule has 0 saturated carbocycles. The SMILES string of the molecule is CC(=O)Nc1ccc(NC(=O)C(=O)NC[C@@H](c2cccnc2)N2CCN(c3ccccc3)CC2)cc1. The van der Waals surface area contributed by atoms with Crippen molar-refractivity contribution in [2.75, 3.05) is 48.3 Å². The predicted molar refractivity (Wildman–Crippen MR) is 140 cm³/mol. The maximum atomic E-state index is 12.6. The zero-order chi connectivity index (χ0) is 25.3. The molecule has 3 N–H and O–H groups in total. The molecular weight excluding hydrogens is 456 g/mol. The number of carbonyl (C=O) groups is 3. The maximum Gasteiger partial charge on any atom is 0.313 e. The Morgan fingerprint density at radius 3 is 2.11 bits per heavy atom. The minimum Gasteiger partial charge on any atom is -0.369 e. The fourth-order valence-electron chi connectivity index (χ4n) is 4.26. The van der Waals surface area contributed by atoms with Gasteiger partial charge < -0.3 is 20.9 Å². The van der Waals surface area contributed by atoms with Crippen LogP contribution in [0.4, 0.5) is 17.1 Å². The lowest BCUT2D eigenvalue weighted by molar-refractivity contribution is -0.136. The van der Waals surface area contributed by atoms with Crippen LogP contribution in [0.2, 0.25) is 0 Å². The summed E-state index contributed by atoms with van der Waals surface area (Å²) in [4.78, 5) is 45.1. The number of carbonyl (C=O) groups excluding carboxylic acids is 3. The summed E-state index contributed by atoms with van der Waals surface area (Å²) in [6.07, 6.45) is 3.52. The first-order valence-corrected chi connectivity index (χ1v) is 11.9. The van der Waals surface area contributed by atoms with Crippen molar-refractivity contribution in [1.82, 2.24) is 15.2 Å². The molecule has 3 amide bonds. The molecule has 4 rings (SSSR count). The van der Waals surface area contributed by atoms with Crippen LogP contribution in [-0.4, -0.2) is 60.3 Å². The van der Waals surface area contributed by atoms with Crippen LogP contribution in [0.5, 0.6) is 0 Å². The molecule has 0 unspecified atom stereocenters. The predicted octanol–water partition coefficient (Wildman–Crippen LogP) is 2.66. The minimum atomic E-state index is -0.749. The molecule has 1 aliphatic rings. The summed E-state index contributed by atoms with van der Waals surface area (Å²) in [5.74, 6) is -1.64. The van der Waals surface area contributed by atoms with E-state index in [1.54, 1.807) is 36.7 Å². The van der Waals surface area contributed by atoms with Crippen LogP contribution >= 0.6 is 0 Å². The Morgan fingerprint density at radius 2 is 1.50 bits per heavy atom. The number of anilines is 3. The molecule has 9 nitrogen and oxygen atoms in total. The molecule has 1 atom stereocenters. The van der Waals surface area contributed by atoms with Crippen molar-refractivity contribution in [2.24, 2.45) is 0 Å². The molecule has 36 heavy (non-hydrogen) atoms. The molecule has 186 valence electrons. The van der Waals surface area contributed by atoms with Crippen LogP contribution in [0.1, 0.15) is 18.5 Å². The van der Waals surface area contributed by atoms with E-state index in [1.165, 1.54) is 12.6 Å². The third kappa shape index (κ3) is 6.67. The van der Waals surface area contributed by atoms with Crippen LogP contribution in [-0.2, 0) is 14.4 Å². The number of benzene rings is 2. The van der Waals surface area contributed by atoms with E-state index in [0.29, 0.717) is 11.4 Å². The summed E-state index contributed by atoms with van der Waals surface area (Å²) in [5, 5.41) is 8.04. The second-order valence-electron chi connectivity index (χ2n) is 8.58. The Hall–Kier alpha value is -4.24. The van der Waals surface area contributed by atoms with Gasteiger partial charge in [-0.15, -0.1) is 0 Å². The van der Waals surface area contributed by atoms with Crippen LogP contribution in [0.25, 0.3) is 0 Å². The summed E-state index contributed by atoms with van der Waals surface area (Å²) in [5.41, 5.74) is 3.26. The molecule has 0 aliphatic carbocycles. The van der Waals surface area contributed by atoms with Crippen LogP contribution in [0, 0.1) is 0 Å². The lowest BCUT2D eigenvalue weighted by Gasteiger charge is -2.40. The molecule has 3 aromatic rings. The molecule has 1 aliphatic heterocycles.